The van der Waals surface area contributed by atoms with Crippen LogP contribution in [0.3, 0.4) is 0 Å². The van der Waals surface area contributed by atoms with Gasteiger partial charge in [0.05, 0.1) is 6.42 Å². The topological polar surface area (TPSA) is 63.6 Å². The molecular weight excluding hydrogens is 568 g/mol. The maximum absolute atomic E-state index is 12.6. The Morgan fingerprint density at radius 3 is 1.57 bits per heavy atom. The van der Waals surface area contributed by atoms with Gasteiger partial charge in [-0.05, 0) is 89.9 Å². The normalized spacial score (nSPS) is 13.3. The van der Waals surface area contributed by atoms with Crippen molar-refractivity contribution >= 4 is 11.9 Å². The summed E-state index contributed by atoms with van der Waals surface area (Å²) in [7, 11) is 0. The smallest absolute Gasteiger partial charge is 0.309 e. The Balaban J connectivity index is 4.34. The van der Waals surface area contributed by atoms with Crippen molar-refractivity contribution in [2.24, 2.45) is 0 Å². The van der Waals surface area contributed by atoms with Crippen LogP contribution < -0.4 is 0 Å². The number of carboxylic acid groups (broad SMARTS) is 1. The fourth-order valence-electron chi connectivity index (χ4n) is 4.94. The highest BCUT2D eigenvalue weighted by molar-refractivity contribution is 5.71. The van der Waals surface area contributed by atoms with Crippen LogP contribution in [0.4, 0.5) is 0 Å². The van der Waals surface area contributed by atoms with Crippen molar-refractivity contribution < 1.29 is 19.4 Å². The first-order chi connectivity index (χ1) is 22.6. The Labute approximate surface area is 283 Å². The monoisotopic (exact) mass is 637 g/mol. The van der Waals surface area contributed by atoms with E-state index in [1.54, 1.807) is 0 Å². The van der Waals surface area contributed by atoms with Gasteiger partial charge in [-0.3, -0.25) is 9.59 Å². The first kappa shape index (κ1) is 43.1. The van der Waals surface area contributed by atoms with Crippen molar-refractivity contribution in [3.05, 3.63) is 85.1 Å². The van der Waals surface area contributed by atoms with E-state index in [2.05, 4.69) is 86.8 Å². The molecule has 0 saturated carbocycles. The molecule has 4 nitrogen and oxygen atoms in total. The van der Waals surface area contributed by atoms with E-state index in [9.17, 15) is 9.59 Å². The Hall–Kier alpha value is -2.88. The summed E-state index contributed by atoms with van der Waals surface area (Å²) in [5.74, 6) is -0.870. The van der Waals surface area contributed by atoms with Gasteiger partial charge in [-0.1, -0.05) is 144 Å². The number of carbonyl (C=O) groups excluding carboxylic acids is 1. The average molecular weight is 637 g/mol. The van der Waals surface area contributed by atoms with Crippen molar-refractivity contribution in [2.75, 3.05) is 0 Å². The Bertz CT molecular complexity index is 903. The second-order valence-corrected chi connectivity index (χ2v) is 12.0. The molecule has 1 N–H and O–H groups in total. The zero-order valence-corrected chi connectivity index (χ0v) is 29.6. The maximum Gasteiger partial charge on any atom is 0.309 e. The largest absolute Gasteiger partial charge is 0.481 e. The van der Waals surface area contributed by atoms with E-state index in [-0.39, 0.29) is 18.5 Å². The van der Waals surface area contributed by atoms with E-state index in [1.165, 1.54) is 38.5 Å². The Kier molecular flexibility index (Phi) is 34.3. The van der Waals surface area contributed by atoms with Crippen LogP contribution in [0.2, 0.25) is 0 Å². The van der Waals surface area contributed by atoms with Crippen LogP contribution >= 0.6 is 0 Å². The fraction of sp³-hybridized carbons (Fsp3) is 0.619. The van der Waals surface area contributed by atoms with Crippen LogP contribution in [0.25, 0.3) is 0 Å². The van der Waals surface area contributed by atoms with Gasteiger partial charge in [-0.2, -0.15) is 0 Å². The molecule has 0 aliphatic heterocycles. The fourth-order valence-corrected chi connectivity index (χ4v) is 4.94. The number of carbonyl (C=O) groups is 2. The molecule has 0 aromatic carbocycles. The number of hydrogen-bond acceptors (Lipinski definition) is 3. The summed E-state index contributed by atoms with van der Waals surface area (Å²) in [6, 6.07) is 0. The van der Waals surface area contributed by atoms with E-state index < -0.39 is 5.97 Å². The van der Waals surface area contributed by atoms with Gasteiger partial charge < -0.3 is 9.84 Å². The molecule has 260 valence electrons. The molecule has 4 heteroatoms. The molecule has 0 rings (SSSR count). The van der Waals surface area contributed by atoms with Gasteiger partial charge >= 0.3 is 11.9 Å². The van der Waals surface area contributed by atoms with Crippen molar-refractivity contribution in [3.63, 3.8) is 0 Å². The van der Waals surface area contributed by atoms with Crippen LogP contribution in [-0.2, 0) is 14.3 Å². The number of aliphatic carboxylic acids is 1. The van der Waals surface area contributed by atoms with Crippen molar-refractivity contribution in [3.8, 4) is 0 Å². The minimum atomic E-state index is -0.720. The lowest BCUT2D eigenvalue weighted by molar-refractivity contribution is -0.148. The molecule has 0 aromatic rings. The lowest BCUT2D eigenvalue weighted by Crippen LogP contribution is -2.18. The first-order valence-electron chi connectivity index (χ1n) is 18.6. The third kappa shape index (κ3) is 35.6. The summed E-state index contributed by atoms with van der Waals surface area (Å²) in [6.45, 7) is 4.40. The summed E-state index contributed by atoms with van der Waals surface area (Å²) in [6.07, 6.45) is 53.2. The minimum Gasteiger partial charge on any atom is -0.481 e. The van der Waals surface area contributed by atoms with Gasteiger partial charge in [0.2, 0.25) is 0 Å². The molecule has 1 unspecified atom stereocenters. The zero-order chi connectivity index (χ0) is 33.6. The summed E-state index contributed by atoms with van der Waals surface area (Å²) in [5.41, 5.74) is 0. The number of unbranched alkanes of at least 4 members (excludes halogenated alkanes) is 10. The van der Waals surface area contributed by atoms with E-state index in [0.717, 1.165) is 96.3 Å². The molecular formula is C42H68O4. The number of esters is 1. The molecule has 0 amide bonds. The van der Waals surface area contributed by atoms with Gasteiger partial charge in [0, 0.05) is 6.42 Å². The van der Waals surface area contributed by atoms with Crippen LogP contribution in [0, 0.1) is 0 Å². The predicted molar refractivity (Wildman–Crippen MR) is 199 cm³/mol. The van der Waals surface area contributed by atoms with Gasteiger partial charge in [-0.15, -0.1) is 0 Å². The summed E-state index contributed by atoms with van der Waals surface area (Å²) >= 11 is 0. The SMILES string of the molecule is CC/C=C\C/C=C\C/C=C\C/C=C\C/C=C\CC(=O)OC(CCC/C=C\C/C=C\CCCCCCC)CCCCCCCC(=O)O. The number of ether oxygens (including phenoxy) is 1. The first-order valence-corrected chi connectivity index (χ1v) is 18.6. The lowest BCUT2D eigenvalue weighted by Gasteiger charge is -2.17. The van der Waals surface area contributed by atoms with Crippen LogP contribution in [0.15, 0.2) is 85.1 Å². The summed E-state index contributed by atoms with van der Waals surface area (Å²) in [4.78, 5) is 23.3. The molecule has 0 aromatic heterocycles. The molecule has 0 bridgehead atoms. The number of carboxylic acids is 1. The molecule has 0 heterocycles. The van der Waals surface area contributed by atoms with E-state index >= 15 is 0 Å². The molecule has 1 atom stereocenters. The van der Waals surface area contributed by atoms with E-state index in [4.69, 9.17) is 9.84 Å². The van der Waals surface area contributed by atoms with Crippen LogP contribution in [0.1, 0.15) is 162 Å². The van der Waals surface area contributed by atoms with Gasteiger partial charge in [0.25, 0.3) is 0 Å². The maximum atomic E-state index is 12.6. The second kappa shape index (κ2) is 36.6. The van der Waals surface area contributed by atoms with E-state index in [0.29, 0.717) is 6.42 Å². The highest BCUT2D eigenvalue weighted by Gasteiger charge is 2.13. The molecule has 0 radical (unpaired) electrons. The highest BCUT2D eigenvalue weighted by atomic mass is 16.5. The van der Waals surface area contributed by atoms with Crippen LogP contribution in [0.5, 0.6) is 0 Å². The second-order valence-electron chi connectivity index (χ2n) is 12.0. The standard InChI is InChI=1S/C42H68O4/c1-3-5-7-9-11-13-15-17-18-20-22-24-26-31-35-39-42(45)46-40(37-33-29-27-30-34-38-41(43)44)36-32-28-25-23-21-19-16-14-12-10-8-6-4-2/h5,7,11,13,16-19,22-25,31,35,40H,3-4,6,8-10,12,14-15,20-21,26-30,32-34,36-39H2,1-2H3,(H,43,44)/b7-5-,13-11-,18-17-,19-16-,24-22-,25-23-,35-31-. The quantitative estimate of drug-likeness (QED) is 0.0453. The summed E-state index contributed by atoms with van der Waals surface area (Å²) < 4.78 is 5.90. The molecule has 0 spiro atoms. The molecule has 0 aliphatic carbocycles. The van der Waals surface area contributed by atoms with Gasteiger partial charge in [0.1, 0.15) is 6.10 Å². The number of hydrogen-bond donors (Lipinski definition) is 1. The molecule has 0 fully saturated rings. The summed E-state index contributed by atoms with van der Waals surface area (Å²) in [5, 5.41) is 8.80. The van der Waals surface area contributed by atoms with Crippen molar-refractivity contribution in [1.82, 2.24) is 0 Å². The minimum absolute atomic E-state index is 0.0461. The molecule has 0 aliphatic rings. The molecule has 46 heavy (non-hydrogen) atoms. The van der Waals surface area contributed by atoms with E-state index in [1.807, 2.05) is 12.2 Å². The third-order valence-electron chi connectivity index (χ3n) is 7.63. The number of rotatable bonds is 32. The predicted octanol–water partition coefficient (Wildman–Crippen LogP) is 12.9. The Morgan fingerprint density at radius 1 is 0.522 bits per heavy atom. The third-order valence-corrected chi connectivity index (χ3v) is 7.63. The van der Waals surface area contributed by atoms with Crippen molar-refractivity contribution in [1.29, 1.82) is 0 Å². The molecule has 0 saturated heterocycles. The number of allylic oxidation sites excluding steroid dienone is 13. The lowest BCUT2D eigenvalue weighted by atomic mass is 10.0. The Morgan fingerprint density at radius 2 is 0.978 bits per heavy atom. The van der Waals surface area contributed by atoms with Crippen molar-refractivity contribution in [2.45, 2.75) is 168 Å². The zero-order valence-electron chi connectivity index (χ0n) is 29.6. The highest BCUT2D eigenvalue weighted by Crippen LogP contribution is 2.16. The average Bonchev–Trinajstić information content (AvgIpc) is 3.04. The van der Waals surface area contributed by atoms with Gasteiger partial charge in [-0.25, -0.2) is 0 Å². The van der Waals surface area contributed by atoms with Crippen LogP contribution in [-0.4, -0.2) is 23.1 Å². The van der Waals surface area contributed by atoms with Gasteiger partial charge in [0.15, 0.2) is 0 Å².